The first kappa shape index (κ1) is 20.8. The van der Waals surface area contributed by atoms with Crippen molar-refractivity contribution in [2.75, 3.05) is 5.32 Å². The summed E-state index contributed by atoms with van der Waals surface area (Å²) in [6.07, 6.45) is -6.35. The van der Waals surface area contributed by atoms with Crippen LogP contribution in [0.15, 0.2) is 24.3 Å². The van der Waals surface area contributed by atoms with Crippen LogP contribution in [0, 0.1) is 0 Å². The fourth-order valence-electron chi connectivity index (χ4n) is 2.10. The minimum Gasteiger partial charge on any atom is -0.366 e. The van der Waals surface area contributed by atoms with Crippen LogP contribution in [-0.2, 0) is 9.53 Å². The number of hydrogen-bond donors (Lipinski definition) is 2. The van der Waals surface area contributed by atoms with Crippen LogP contribution in [-0.4, -0.2) is 41.5 Å². The number of halogens is 9. The zero-order valence-electron chi connectivity index (χ0n) is 12.5. The maximum atomic E-state index is 14.0. The van der Waals surface area contributed by atoms with Gasteiger partial charge < -0.3 is 11.1 Å². The molecule has 27 heavy (non-hydrogen) atoms. The van der Waals surface area contributed by atoms with Gasteiger partial charge in [0.25, 0.3) is 5.91 Å². The van der Waals surface area contributed by atoms with Crippen molar-refractivity contribution in [1.29, 1.82) is 0 Å². The Balaban J connectivity index is 2.47. The lowest BCUT2D eigenvalue weighted by atomic mass is 9.99. The van der Waals surface area contributed by atoms with Gasteiger partial charge in [-0.05, 0) is 12.1 Å². The van der Waals surface area contributed by atoms with Gasteiger partial charge in [0.05, 0.1) is 11.3 Å². The van der Waals surface area contributed by atoms with Gasteiger partial charge in [0.2, 0.25) is 0 Å². The maximum absolute atomic E-state index is 14.0. The third-order valence-corrected chi connectivity index (χ3v) is 3.56. The predicted octanol–water partition coefficient (Wildman–Crippen LogP) is 2.92. The van der Waals surface area contributed by atoms with E-state index in [0.29, 0.717) is 0 Å². The first-order valence-corrected chi connectivity index (χ1v) is 6.63. The summed E-state index contributed by atoms with van der Waals surface area (Å²) < 4.78 is 123. The molecule has 0 saturated carbocycles. The van der Waals surface area contributed by atoms with Crippen molar-refractivity contribution in [3.05, 3.63) is 29.8 Å². The lowest BCUT2D eigenvalue weighted by Gasteiger charge is -2.31. The summed E-state index contributed by atoms with van der Waals surface area (Å²) >= 11 is 0. The van der Waals surface area contributed by atoms with Crippen molar-refractivity contribution in [2.24, 2.45) is 5.73 Å². The second-order valence-corrected chi connectivity index (χ2v) is 5.30. The van der Waals surface area contributed by atoms with E-state index in [-0.39, 0.29) is 0 Å². The Labute approximate surface area is 143 Å². The topological polar surface area (TPSA) is 81.4 Å². The summed E-state index contributed by atoms with van der Waals surface area (Å²) in [5, 5.41) is 1.09. The van der Waals surface area contributed by atoms with Crippen LogP contribution >= 0.6 is 0 Å². The number of ether oxygens (including phenoxy) is 1. The molecule has 5 nitrogen and oxygen atoms in total. The van der Waals surface area contributed by atoms with E-state index < -0.39 is 52.8 Å². The molecule has 150 valence electrons. The van der Waals surface area contributed by atoms with Crippen molar-refractivity contribution in [1.82, 2.24) is 0 Å². The number of rotatable bonds is 4. The van der Waals surface area contributed by atoms with E-state index in [4.69, 9.17) is 5.73 Å². The van der Waals surface area contributed by atoms with E-state index in [1.54, 1.807) is 0 Å². The number of alkyl halides is 9. The molecule has 2 rings (SSSR count). The molecule has 1 aliphatic rings. The SMILES string of the molecule is NC(=O)c1ccccc1NC(=O)C(F)(F)C1(F)OC(F)(F)C(F)(F)C1(F)F. The summed E-state index contributed by atoms with van der Waals surface area (Å²) in [5.41, 5.74) is 3.37. The molecule has 1 aromatic carbocycles. The minimum absolute atomic E-state index is 0.649. The number of anilines is 1. The Morgan fingerprint density at radius 3 is 1.93 bits per heavy atom. The van der Waals surface area contributed by atoms with Gasteiger partial charge in [0.15, 0.2) is 0 Å². The number of carbonyl (C=O) groups is 2. The molecule has 1 atom stereocenters. The van der Waals surface area contributed by atoms with E-state index in [1.165, 1.54) is 0 Å². The molecule has 0 spiro atoms. The monoisotopic (exact) mass is 410 g/mol. The molecular weight excluding hydrogens is 403 g/mol. The van der Waals surface area contributed by atoms with Crippen LogP contribution in [0.5, 0.6) is 0 Å². The Bertz CT molecular complexity index is 799. The van der Waals surface area contributed by atoms with E-state index >= 15 is 0 Å². The fraction of sp³-hybridized carbons (Fsp3) is 0.385. The number of hydrogen-bond acceptors (Lipinski definition) is 3. The van der Waals surface area contributed by atoms with E-state index in [9.17, 15) is 49.1 Å². The molecule has 1 aromatic rings. The van der Waals surface area contributed by atoms with Crippen molar-refractivity contribution in [2.45, 2.75) is 29.7 Å². The molecular formula is C13H7F9N2O3. The number of nitrogens with two attached hydrogens (primary N) is 1. The van der Waals surface area contributed by atoms with Crippen LogP contribution in [0.1, 0.15) is 10.4 Å². The molecule has 1 saturated heterocycles. The number of carbonyl (C=O) groups excluding carboxylic acids is 2. The lowest BCUT2D eigenvalue weighted by molar-refractivity contribution is -0.366. The van der Waals surface area contributed by atoms with Gasteiger partial charge in [-0.3, -0.25) is 14.3 Å². The van der Waals surface area contributed by atoms with Gasteiger partial charge in [-0.25, -0.2) is 0 Å². The molecule has 1 heterocycles. The van der Waals surface area contributed by atoms with E-state index in [0.717, 1.165) is 29.6 Å². The largest absolute Gasteiger partial charge is 0.428 e. The molecule has 2 amide bonds. The lowest BCUT2D eigenvalue weighted by Crippen LogP contribution is -2.63. The highest BCUT2D eigenvalue weighted by Crippen LogP contribution is 2.64. The van der Waals surface area contributed by atoms with Gasteiger partial charge in [-0.15, -0.1) is 0 Å². The van der Waals surface area contributed by atoms with Crippen LogP contribution in [0.25, 0.3) is 0 Å². The summed E-state index contributed by atoms with van der Waals surface area (Å²) in [5.74, 6) is -30.5. The molecule has 14 heteroatoms. The fourth-order valence-corrected chi connectivity index (χ4v) is 2.10. The number of para-hydroxylation sites is 1. The zero-order valence-corrected chi connectivity index (χ0v) is 12.5. The Morgan fingerprint density at radius 1 is 0.963 bits per heavy atom. The van der Waals surface area contributed by atoms with Crippen LogP contribution in [0.2, 0.25) is 0 Å². The quantitative estimate of drug-likeness (QED) is 0.750. The maximum Gasteiger partial charge on any atom is 0.428 e. The number of amides is 2. The third kappa shape index (κ3) is 2.61. The predicted molar refractivity (Wildman–Crippen MR) is 68.3 cm³/mol. The van der Waals surface area contributed by atoms with Crippen LogP contribution in [0.3, 0.4) is 0 Å². The van der Waals surface area contributed by atoms with Gasteiger partial charge >= 0.3 is 35.6 Å². The van der Waals surface area contributed by atoms with E-state index in [2.05, 4.69) is 4.74 Å². The highest BCUT2D eigenvalue weighted by Gasteiger charge is 2.96. The molecule has 0 aliphatic carbocycles. The molecule has 1 fully saturated rings. The van der Waals surface area contributed by atoms with Gasteiger partial charge in [-0.1, -0.05) is 12.1 Å². The van der Waals surface area contributed by atoms with Gasteiger partial charge in [0.1, 0.15) is 0 Å². The molecule has 1 aliphatic heterocycles. The second-order valence-electron chi connectivity index (χ2n) is 5.30. The normalized spacial score (nSPS) is 25.8. The zero-order chi connectivity index (χ0) is 21.1. The average molecular weight is 410 g/mol. The molecule has 0 aromatic heterocycles. The summed E-state index contributed by atoms with van der Waals surface area (Å²) in [7, 11) is 0. The van der Waals surface area contributed by atoms with Crippen molar-refractivity contribution in [3.8, 4) is 0 Å². The van der Waals surface area contributed by atoms with Crippen LogP contribution in [0.4, 0.5) is 45.2 Å². The van der Waals surface area contributed by atoms with Gasteiger partial charge in [0, 0.05) is 0 Å². The standard InChI is InChI=1S/C13H7F9N2O3/c14-9(15,8(26)24-6-4-2-1-3-5(6)7(23)25)12(20)10(16,17)11(18,19)13(21,22)27-12/h1-4H,(H2,23,25)(H,24,26). The summed E-state index contributed by atoms with van der Waals surface area (Å²) in [6.45, 7) is 0. The molecule has 0 bridgehead atoms. The molecule has 1 unspecified atom stereocenters. The summed E-state index contributed by atoms with van der Waals surface area (Å²) in [4.78, 5) is 22.7. The van der Waals surface area contributed by atoms with Crippen LogP contribution < -0.4 is 11.1 Å². The average Bonchev–Trinajstić information content (AvgIpc) is 2.62. The summed E-state index contributed by atoms with van der Waals surface area (Å²) in [6, 6.07) is 3.80. The minimum atomic E-state index is -6.80. The molecule has 3 N–H and O–H groups in total. The Hall–Kier alpha value is -2.51. The molecule has 0 radical (unpaired) electrons. The first-order chi connectivity index (χ1) is 12.0. The van der Waals surface area contributed by atoms with Crippen molar-refractivity contribution >= 4 is 17.5 Å². The number of nitrogens with one attached hydrogen (secondary N) is 1. The third-order valence-electron chi connectivity index (χ3n) is 3.56. The van der Waals surface area contributed by atoms with Gasteiger partial charge in [-0.2, -0.15) is 39.5 Å². The number of primary amides is 1. The Kier molecular flexibility index (Phi) is 4.42. The Morgan fingerprint density at radius 2 is 1.48 bits per heavy atom. The van der Waals surface area contributed by atoms with Crippen molar-refractivity contribution in [3.63, 3.8) is 0 Å². The number of benzene rings is 1. The van der Waals surface area contributed by atoms with Crippen molar-refractivity contribution < 1.29 is 53.8 Å². The smallest absolute Gasteiger partial charge is 0.366 e. The highest BCUT2D eigenvalue weighted by atomic mass is 19.4. The highest BCUT2D eigenvalue weighted by molar-refractivity contribution is 6.05. The first-order valence-electron chi connectivity index (χ1n) is 6.63. The van der Waals surface area contributed by atoms with E-state index in [1.807, 2.05) is 0 Å². The second kappa shape index (κ2) is 5.74.